The molecule has 4 unspecified atom stereocenters. The van der Waals surface area contributed by atoms with E-state index >= 15 is 0 Å². The Morgan fingerprint density at radius 2 is 1.05 bits per heavy atom. The van der Waals surface area contributed by atoms with Crippen molar-refractivity contribution in [2.75, 3.05) is 37.9 Å². The summed E-state index contributed by atoms with van der Waals surface area (Å²) in [4.78, 5) is 0. The van der Waals surface area contributed by atoms with Gasteiger partial charge in [-0.1, -0.05) is 12.1 Å². The molecule has 0 amide bonds. The van der Waals surface area contributed by atoms with E-state index in [-0.39, 0.29) is 36.9 Å². The summed E-state index contributed by atoms with van der Waals surface area (Å²) in [5.74, 6) is 0. The van der Waals surface area contributed by atoms with Crippen LogP contribution in [0.2, 0.25) is 0 Å². The predicted molar refractivity (Wildman–Crippen MR) is 124 cm³/mol. The van der Waals surface area contributed by atoms with Crippen LogP contribution in [0.3, 0.4) is 0 Å². The molecule has 0 bridgehead atoms. The van der Waals surface area contributed by atoms with E-state index < -0.39 is 46.5 Å². The molecule has 6 rings (SSSR count). The Labute approximate surface area is 214 Å². The van der Waals surface area contributed by atoms with E-state index in [1.807, 2.05) is 0 Å². The lowest BCUT2D eigenvalue weighted by molar-refractivity contribution is -0.162. The summed E-state index contributed by atoms with van der Waals surface area (Å²) in [7, 11) is 0. The van der Waals surface area contributed by atoms with Crippen molar-refractivity contribution in [3.05, 3.63) is 45.5 Å². The second-order valence-electron chi connectivity index (χ2n) is 10.3. The van der Waals surface area contributed by atoms with Crippen molar-refractivity contribution >= 4 is 11.4 Å². The van der Waals surface area contributed by atoms with E-state index in [2.05, 4.69) is 0 Å². The maximum absolute atomic E-state index is 14.4. The first kappa shape index (κ1) is 25.7. The molecular weight excluding hydrogens is 518 g/mol. The average Bonchev–Trinajstić information content (AvgIpc) is 3.65. The molecule has 4 heterocycles. The van der Waals surface area contributed by atoms with Gasteiger partial charge in [-0.05, 0) is 27.8 Å². The Morgan fingerprint density at radius 3 is 1.53 bits per heavy atom. The summed E-state index contributed by atoms with van der Waals surface area (Å²) in [6.07, 6.45) is -10.4. The highest BCUT2D eigenvalue weighted by molar-refractivity contribution is 5.92. The molecule has 0 radical (unpaired) electrons. The first-order chi connectivity index (χ1) is 17.9. The number of nitrogens with two attached hydrogens (primary N) is 2. The molecule has 4 aliphatic rings. The van der Waals surface area contributed by atoms with Crippen LogP contribution in [0.4, 0.5) is 37.7 Å². The van der Waals surface area contributed by atoms with Crippen LogP contribution in [0.25, 0.3) is 11.1 Å². The molecule has 0 aromatic heterocycles. The van der Waals surface area contributed by atoms with E-state index in [9.17, 15) is 26.3 Å². The van der Waals surface area contributed by atoms with Crippen LogP contribution >= 0.6 is 0 Å². The number of halogens is 6. The second-order valence-corrected chi connectivity index (χ2v) is 10.3. The zero-order valence-corrected chi connectivity index (χ0v) is 20.2. The standard InChI is InChI=1S/C26H26F6N2O4/c27-25(28,29)21-19(6-15-10-38-15)20(23(33)24(34)22(21)26(30,31)32)16-2-1-11(3-12-7-35-12)17(4-13-8-36-13)18(16)5-14-9-37-14/h1-2,12-15H,3-10,33-34H2. The number of ether oxygens (including phenoxy) is 4. The number of rotatable bonds is 9. The molecular formula is C26H26F6N2O4. The van der Waals surface area contributed by atoms with Crippen molar-refractivity contribution in [1.29, 1.82) is 0 Å². The number of hydrogen-bond donors (Lipinski definition) is 2. The van der Waals surface area contributed by atoms with Crippen LogP contribution < -0.4 is 11.5 Å². The molecule has 4 atom stereocenters. The maximum Gasteiger partial charge on any atom is 0.419 e. The third kappa shape index (κ3) is 5.18. The minimum absolute atomic E-state index is 0.0388. The monoisotopic (exact) mass is 544 g/mol. The smallest absolute Gasteiger partial charge is 0.397 e. The van der Waals surface area contributed by atoms with Crippen molar-refractivity contribution in [3.63, 3.8) is 0 Å². The number of epoxide rings is 4. The van der Waals surface area contributed by atoms with Gasteiger partial charge in [0.1, 0.15) is 0 Å². The molecule has 12 heteroatoms. The van der Waals surface area contributed by atoms with Gasteiger partial charge in [0.05, 0.1) is 73.3 Å². The summed E-state index contributed by atoms with van der Waals surface area (Å²) in [6, 6.07) is 3.44. The molecule has 2 aromatic rings. The highest BCUT2D eigenvalue weighted by Crippen LogP contribution is 2.52. The Hall–Kier alpha value is -2.54. The minimum atomic E-state index is -5.37. The molecule has 206 valence electrons. The molecule has 6 nitrogen and oxygen atoms in total. The van der Waals surface area contributed by atoms with Crippen LogP contribution in [0.5, 0.6) is 0 Å². The first-order valence-electron chi connectivity index (χ1n) is 12.4. The molecule has 0 spiro atoms. The summed E-state index contributed by atoms with van der Waals surface area (Å²) in [6.45, 7) is 1.80. The zero-order valence-electron chi connectivity index (χ0n) is 20.2. The lowest BCUT2D eigenvalue weighted by atomic mass is 9.80. The molecule has 0 aliphatic carbocycles. The molecule has 4 fully saturated rings. The molecule has 4 N–H and O–H groups in total. The highest BCUT2D eigenvalue weighted by Gasteiger charge is 2.49. The van der Waals surface area contributed by atoms with Gasteiger partial charge in [-0.2, -0.15) is 26.3 Å². The third-order valence-electron chi connectivity index (χ3n) is 7.40. The SMILES string of the molecule is Nc1c(N)c(C(F)(F)F)c(C(F)(F)F)c(CC2CO2)c1-c1ccc(CC2CO2)c(CC2CO2)c1CC1CO1. The number of hydrogen-bond acceptors (Lipinski definition) is 6. The van der Waals surface area contributed by atoms with Gasteiger partial charge in [0.2, 0.25) is 0 Å². The van der Waals surface area contributed by atoms with Gasteiger partial charge in [-0.3, -0.25) is 0 Å². The number of anilines is 2. The number of alkyl halides is 6. The molecule has 38 heavy (non-hydrogen) atoms. The Morgan fingerprint density at radius 1 is 0.605 bits per heavy atom. The fourth-order valence-corrected chi connectivity index (χ4v) is 5.29. The van der Waals surface area contributed by atoms with Gasteiger partial charge in [0, 0.05) is 31.2 Å². The van der Waals surface area contributed by atoms with Gasteiger partial charge >= 0.3 is 12.4 Å². The van der Waals surface area contributed by atoms with Crippen molar-refractivity contribution < 1.29 is 45.3 Å². The van der Waals surface area contributed by atoms with E-state index in [1.54, 1.807) is 12.1 Å². The van der Waals surface area contributed by atoms with Gasteiger partial charge < -0.3 is 30.4 Å². The fraction of sp³-hybridized carbons (Fsp3) is 0.538. The third-order valence-corrected chi connectivity index (χ3v) is 7.40. The number of benzene rings is 2. The van der Waals surface area contributed by atoms with Crippen molar-refractivity contribution in [2.45, 2.75) is 62.5 Å². The summed E-state index contributed by atoms with van der Waals surface area (Å²) in [5.41, 5.74) is 8.78. The van der Waals surface area contributed by atoms with E-state index in [1.165, 1.54) is 0 Å². The molecule has 0 saturated carbocycles. The predicted octanol–water partition coefficient (Wildman–Crippen LogP) is 4.32. The van der Waals surface area contributed by atoms with E-state index in [4.69, 9.17) is 30.4 Å². The highest BCUT2D eigenvalue weighted by atomic mass is 19.4. The van der Waals surface area contributed by atoms with Crippen molar-refractivity contribution in [2.24, 2.45) is 0 Å². The first-order valence-corrected chi connectivity index (χ1v) is 12.4. The van der Waals surface area contributed by atoms with Crippen LogP contribution in [0, 0.1) is 0 Å². The van der Waals surface area contributed by atoms with Crippen molar-refractivity contribution in [3.8, 4) is 11.1 Å². The lowest BCUT2D eigenvalue weighted by Gasteiger charge is -2.27. The van der Waals surface area contributed by atoms with Gasteiger partial charge in [-0.25, -0.2) is 0 Å². The average molecular weight is 544 g/mol. The minimum Gasteiger partial charge on any atom is -0.397 e. The lowest BCUT2D eigenvalue weighted by Crippen LogP contribution is -2.24. The largest absolute Gasteiger partial charge is 0.419 e. The molecule has 2 aromatic carbocycles. The van der Waals surface area contributed by atoms with Crippen LogP contribution in [0.1, 0.15) is 33.4 Å². The topological polar surface area (TPSA) is 102 Å². The summed E-state index contributed by atoms with van der Waals surface area (Å²) >= 11 is 0. The second kappa shape index (κ2) is 9.00. The Bertz CT molecular complexity index is 1260. The van der Waals surface area contributed by atoms with E-state index in [0.29, 0.717) is 50.2 Å². The van der Waals surface area contributed by atoms with Gasteiger partial charge in [0.25, 0.3) is 0 Å². The molecule has 4 aliphatic heterocycles. The number of nitrogen functional groups attached to an aromatic ring is 2. The fourth-order valence-electron chi connectivity index (χ4n) is 5.29. The van der Waals surface area contributed by atoms with Crippen LogP contribution in [-0.4, -0.2) is 50.8 Å². The van der Waals surface area contributed by atoms with Crippen LogP contribution in [-0.2, 0) is 57.0 Å². The normalized spacial score (nSPS) is 25.9. The van der Waals surface area contributed by atoms with Gasteiger partial charge in [0.15, 0.2) is 0 Å². The molecule has 4 saturated heterocycles. The zero-order chi connectivity index (χ0) is 27.0. The van der Waals surface area contributed by atoms with Gasteiger partial charge in [-0.15, -0.1) is 0 Å². The quantitative estimate of drug-likeness (QED) is 0.277. The maximum atomic E-state index is 14.4. The Balaban J connectivity index is 1.63. The summed E-state index contributed by atoms with van der Waals surface area (Å²) in [5, 5.41) is 0. The van der Waals surface area contributed by atoms with E-state index in [0.717, 1.165) is 11.1 Å². The van der Waals surface area contributed by atoms with Crippen LogP contribution in [0.15, 0.2) is 12.1 Å². The van der Waals surface area contributed by atoms with Crippen molar-refractivity contribution in [1.82, 2.24) is 0 Å². The Kier molecular flexibility index (Phi) is 6.09. The summed E-state index contributed by atoms with van der Waals surface area (Å²) < 4.78 is 107.